The zero-order chi connectivity index (χ0) is 23.2. The summed E-state index contributed by atoms with van der Waals surface area (Å²) < 4.78 is 10.4. The van der Waals surface area contributed by atoms with Gasteiger partial charge >= 0.3 is 6.03 Å². The van der Waals surface area contributed by atoms with Crippen LogP contribution in [0, 0.1) is 0 Å². The van der Waals surface area contributed by atoms with Crippen molar-refractivity contribution in [3.63, 3.8) is 0 Å². The topological polar surface area (TPSA) is 83.7 Å². The number of ether oxygens (including phenoxy) is 2. The van der Waals surface area contributed by atoms with Gasteiger partial charge in [0.15, 0.2) is 0 Å². The highest BCUT2D eigenvalue weighted by atomic mass is 16.5. The predicted molar refractivity (Wildman–Crippen MR) is 129 cm³/mol. The van der Waals surface area contributed by atoms with Crippen molar-refractivity contribution >= 4 is 22.6 Å². The first-order valence-corrected chi connectivity index (χ1v) is 10.5. The van der Waals surface area contributed by atoms with Crippen molar-refractivity contribution in [2.24, 2.45) is 0 Å². The zero-order valence-electron chi connectivity index (χ0n) is 18.5. The lowest BCUT2D eigenvalue weighted by Gasteiger charge is -2.23. The molecule has 0 radical (unpaired) electrons. The van der Waals surface area contributed by atoms with Gasteiger partial charge in [-0.15, -0.1) is 0 Å². The largest absolute Gasteiger partial charge is 0.497 e. The molecule has 0 aliphatic rings. The van der Waals surface area contributed by atoms with Gasteiger partial charge in [-0.1, -0.05) is 30.3 Å². The molecule has 4 rings (SSSR count). The van der Waals surface area contributed by atoms with E-state index in [1.807, 2.05) is 48.5 Å². The minimum atomic E-state index is -0.307. The quantitative estimate of drug-likeness (QED) is 0.431. The maximum Gasteiger partial charge on any atom is 0.322 e. The number of fused-ring (bicyclic) bond motifs is 1. The maximum atomic E-state index is 13.2. The van der Waals surface area contributed by atoms with E-state index < -0.39 is 0 Å². The summed E-state index contributed by atoms with van der Waals surface area (Å²) in [5, 5.41) is 3.77. The molecule has 0 fully saturated rings. The highest BCUT2D eigenvalue weighted by molar-refractivity contribution is 5.89. The Kier molecular flexibility index (Phi) is 6.59. The number of anilines is 1. The first-order valence-electron chi connectivity index (χ1n) is 10.5. The van der Waals surface area contributed by atoms with E-state index >= 15 is 0 Å². The lowest BCUT2D eigenvalue weighted by molar-refractivity contribution is 0.206. The van der Waals surface area contributed by atoms with Gasteiger partial charge in [-0.2, -0.15) is 0 Å². The molecular weight excluding hydrogens is 418 g/mol. The van der Waals surface area contributed by atoms with Crippen LogP contribution in [0.2, 0.25) is 0 Å². The fourth-order valence-electron chi connectivity index (χ4n) is 3.56. The van der Waals surface area contributed by atoms with E-state index in [9.17, 15) is 9.59 Å². The third-order valence-corrected chi connectivity index (χ3v) is 5.34. The van der Waals surface area contributed by atoms with Crippen molar-refractivity contribution in [1.82, 2.24) is 9.88 Å². The minimum absolute atomic E-state index is 0.147. The molecule has 1 heterocycles. The number of benzene rings is 3. The van der Waals surface area contributed by atoms with Crippen molar-refractivity contribution < 1.29 is 14.3 Å². The number of aromatic amines is 1. The summed E-state index contributed by atoms with van der Waals surface area (Å²) in [7, 11) is 3.17. The third kappa shape index (κ3) is 5.33. The summed E-state index contributed by atoms with van der Waals surface area (Å²) in [4.78, 5) is 30.5. The van der Waals surface area contributed by atoms with Crippen LogP contribution < -0.4 is 20.3 Å². The standard InChI is InChI=1S/C26H25N3O4/c1-32-22-12-9-21(10-13-22)27-26(31)29(16-18-6-4-3-5-7-18)17-20-14-19-8-11-23(33-2)15-24(19)28-25(20)30/h3-15H,16-17H2,1-2H3,(H,27,31)(H,28,30). The SMILES string of the molecule is COc1ccc(NC(=O)N(Cc2ccccc2)Cc2cc3ccc(OC)cc3[nH]c2=O)cc1. The summed E-state index contributed by atoms with van der Waals surface area (Å²) in [6.45, 7) is 0.497. The van der Waals surface area contributed by atoms with Crippen molar-refractivity contribution in [2.75, 3.05) is 19.5 Å². The predicted octanol–water partition coefficient (Wildman–Crippen LogP) is 4.78. The van der Waals surface area contributed by atoms with Crippen LogP contribution >= 0.6 is 0 Å². The highest BCUT2D eigenvalue weighted by Crippen LogP contribution is 2.20. The molecule has 0 atom stereocenters. The third-order valence-electron chi connectivity index (χ3n) is 5.34. The number of nitrogens with one attached hydrogen (secondary N) is 2. The average Bonchev–Trinajstić information content (AvgIpc) is 2.84. The zero-order valence-corrected chi connectivity index (χ0v) is 18.5. The van der Waals surface area contributed by atoms with Gasteiger partial charge in [0.2, 0.25) is 0 Å². The van der Waals surface area contributed by atoms with Crippen molar-refractivity contribution in [3.05, 3.63) is 100 Å². The van der Waals surface area contributed by atoms with E-state index in [0.717, 1.165) is 10.9 Å². The van der Waals surface area contributed by atoms with Crippen LogP contribution in [0.25, 0.3) is 10.9 Å². The second-order valence-electron chi connectivity index (χ2n) is 7.58. The van der Waals surface area contributed by atoms with E-state index in [1.54, 1.807) is 49.5 Å². The van der Waals surface area contributed by atoms with Gasteiger partial charge in [0.25, 0.3) is 5.56 Å². The fourth-order valence-corrected chi connectivity index (χ4v) is 3.56. The minimum Gasteiger partial charge on any atom is -0.497 e. The molecule has 3 aromatic carbocycles. The van der Waals surface area contributed by atoms with E-state index in [1.165, 1.54) is 0 Å². The number of amides is 2. The summed E-state index contributed by atoms with van der Waals surface area (Å²) in [6.07, 6.45) is 0. The highest BCUT2D eigenvalue weighted by Gasteiger charge is 2.17. The number of urea groups is 1. The van der Waals surface area contributed by atoms with Crippen LogP contribution in [-0.2, 0) is 13.1 Å². The van der Waals surface area contributed by atoms with Crippen LogP contribution in [-0.4, -0.2) is 30.1 Å². The molecule has 168 valence electrons. The molecule has 0 aliphatic carbocycles. The van der Waals surface area contributed by atoms with Gasteiger partial charge in [0.05, 0.1) is 26.3 Å². The Morgan fingerprint density at radius 2 is 1.58 bits per heavy atom. The monoisotopic (exact) mass is 443 g/mol. The molecule has 1 aromatic heterocycles. The number of methoxy groups -OCH3 is 2. The number of carbonyl (C=O) groups excluding carboxylic acids is 1. The van der Waals surface area contributed by atoms with Gasteiger partial charge in [-0.25, -0.2) is 4.79 Å². The van der Waals surface area contributed by atoms with Gasteiger partial charge < -0.3 is 24.7 Å². The molecule has 0 unspecified atom stereocenters. The number of rotatable bonds is 7. The van der Waals surface area contributed by atoms with Crippen LogP contribution in [0.15, 0.2) is 83.7 Å². The van der Waals surface area contributed by atoms with Gasteiger partial charge in [-0.05, 0) is 53.4 Å². The van der Waals surface area contributed by atoms with Crippen molar-refractivity contribution in [1.29, 1.82) is 0 Å². The molecule has 0 saturated heterocycles. The average molecular weight is 444 g/mol. The summed E-state index contributed by atoms with van der Waals surface area (Å²) in [5.41, 5.74) is 2.53. The lowest BCUT2D eigenvalue weighted by Crippen LogP contribution is -2.35. The normalized spacial score (nSPS) is 10.6. The Hall–Kier alpha value is -4.26. The van der Waals surface area contributed by atoms with Crippen LogP contribution in [0.5, 0.6) is 11.5 Å². The molecule has 2 N–H and O–H groups in total. The summed E-state index contributed by atoms with van der Waals surface area (Å²) in [5.74, 6) is 1.36. The lowest BCUT2D eigenvalue weighted by atomic mass is 10.1. The van der Waals surface area contributed by atoms with E-state index in [0.29, 0.717) is 34.8 Å². The molecule has 0 bridgehead atoms. The summed E-state index contributed by atoms with van der Waals surface area (Å²) in [6, 6.07) is 23.8. The molecule has 0 spiro atoms. The Labute approximate surface area is 191 Å². The Balaban J connectivity index is 1.62. The first-order chi connectivity index (χ1) is 16.1. The molecule has 2 amide bonds. The Morgan fingerprint density at radius 1 is 0.879 bits per heavy atom. The van der Waals surface area contributed by atoms with Gasteiger partial charge in [0, 0.05) is 23.9 Å². The number of carbonyl (C=O) groups is 1. The van der Waals surface area contributed by atoms with Gasteiger partial charge in [-0.3, -0.25) is 4.79 Å². The van der Waals surface area contributed by atoms with E-state index in [2.05, 4.69) is 10.3 Å². The molecular formula is C26H25N3O4. The molecule has 7 nitrogen and oxygen atoms in total. The number of pyridine rings is 1. The summed E-state index contributed by atoms with van der Waals surface area (Å²) >= 11 is 0. The number of aromatic nitrogens is 1. The van der Waals surface area contributed by atoms with Crippen molar-refractivity contribution in [2.45, 2.75) is 13.1 Å². The smallest absolute Gasteiger partial charge is 0.322 e. The fraction of sp³-hybridized carbons (Fsp3) is 0.154. The van der Waals surface area contributed by atoms with E-state index in [-0.39, 0.29) is 18.1 Å². The number of nitrogens with zero attached hydrogens (tertiary/aromatic N) is 1. The molecule has 7 heteroatoms. The van der Waals surface area contributed by atoms with Crippen LogP contribution in [0.1, 0.15) is 11.1 Å². The van der Waals surface area contributed by atoms with E-state index in [4.69, 9.17) is 9.47 Å². The van der Waals surface area contributed by atoms with Crippen LogP contribution in [0.4, 0.5) is 10.5 Å². The second-order valence-corrected chi connectivity index (χ2v) is 7.58. The van der Waals surface area contributed by atoms with Gasteiger partial charge in [0.1, 0.15) is 11.5 Å². The number of hydrogen-bond donors (Lipinski definition) is 2. The van der Waals surface area contributed by atoms with Crippen LogP contribution in [0.3, 0.4) is 0 Å². The molecule has 0 aliphatic heterocycles. The number of hydrogen-bond acceptors (Lipinski definition) is 4. The second kappa shape index (κ2) is 9.91. The Morgan fingerprint density at radius 3 is 2.27 bits per heavy atom. The molecule has 4 aromatic rings. The first kappa shape index (κ1) is 22.0. The molecule has 33 heavy (non-hydrogen) atoms. The Bertz CT molecular complexity index is 1300. The number of H-pyrrole nitrogens is 1. The van der Waals surface area contributed by atoms with Crippen molar-refractivity contribution in [3.8, 4) is 11.5 Å². The maximum absolute atomic E-state index is 13.2. The molecule has 0 saturated carbocycles.